The Bertz CT molecular complexity index is 455. The second kappa shape index (κ2) is 7.12. The molecule has 7 nitrogen and oxygen atoms in total. The SMILES string of the molecule is COC(=O)CCCCCNS(=O)(=O)c1cn[nH]c1. The number of nitrogens with zero attached hydrogens (tertiary/aromatic N) is 1. The molecule has 1 aromatic heterocycles. The van der Waals surface area contributed by atoms with Gasteiger partial charge in [0.15, 0.2) is 0 Å². The summed E-state index contributed by atoms with van der Waals surface area (Å²) in [6.07, 6.45) is 5.07. The molecule has 102 valence electrons. The minimum absolute atomic E-state index is 0.122. The fourth-order valence-corrected chi connectivity index (χ4v) is 2.33. The van der Waals surface area contributed by atoms with Crippen molar-refractivity contribution >= 4 is 16.0 Å². The van der Waals surface area contributed by atoms with Gasteiger partial charge in [-0.05, 0) is 12.8 Å². The number of ether oxygens (including phenoxy) is 1. The van der Waals surface area contributed by atoms with Gasteiger partial charge in [0, 0.05) is 19.2 Å². The van der Waals surface area contributed by atoms with Gasteiger partial charge in [-0.25, -0.2) is 13.1 Å². The zero-order chi connectivity index (χ0) is 13.4. The van der Waals surface area contributed by atoms with Gasteiger partial charge in [-0.1, -0.05) is 6.42 Å². The Morgan fingerprint density at radius 3 is 2.83 bits per heavy atom. The molecular weight excluding hydrogens is 258 g/mol. The van der Waals surface area contributed by atoms with Crippen LogP contribution in [0.5, 0.6) is 0 Å². The van der Waals surface area contributed by atoms with E-state index in [0.29, 0.717) is 25.8 Å². The van der Waals surface area contributed by atoms with Gasteiger partial charge in [0.2, 0.25) is 10.0 Å². The van der Waals surface area contributed by atoms with Gasteiger partial charge in [-0.2, -0.15) is 5.10 Å². The molecule has 0 aliphatic rings. The van der Waals surface area contributed by atoms with E-state index in [1.54, 1.807) is 0 Å². The molecule has 0 aliphatic heterocycles. The molecule has 0 saturated carbocycles. The number of methoxy groups -OCH3 is 1. The zero-order valence-electron chi connectivity index (χ0n) is 10.2. The maximum absolute atomic E-state index is 11.6. The largest absolute Gasteiger partial charge is 0.469 e. The summed E-state index contributed by atoms with van der Waals surface area (Å²) in [7, 11) is -2.11. The number of unbranched alkanes of at least 4 members (excludes halogenated alkanes) is 2. The van der Waals surface area contributed by atoms with E-state index >= 15 is 0 Å². The van der Waals surface area contributed by atoms with Crippen LogP contribution in [0.2, 0.25) is 0 Å². The highest BCUT2D eigenvalue weighted by Gasteiger charge is 2.13. The fraction of sp³-hybridized carbons (Fsp3) is 0.600. The molecule has 0 fully saturated rings. The summed E-state index contributed by atoms with van der Waals surface area (Å²) >= 11 is 0. The zero-order valence-corrected chi connectivity index (χ0v) is 11.0. The van der Waals surface area contributed by atoms with Crippen molar-refractivity contribution in [3.8, 4) is 0 Å². The minimum Gasteiger partial charge on any atom is -0.469 e. The first kappa shape index (κ1) is 14.7. The van der Waals surface area contributed by atoms with Gasteiger partial charge in [-0.3, -0.25) is 9.89 Å². The van der Waals surface area contributed by atoms with E-state index < -0.39 is 10.0 Å². The normalized spacial score (nSPS) is 11.4. The summed E-state index contributed by atoms with van der Waals surface area (Å²) in [4.78, 5) is 10.9. The number of carbonyl (C=O) groups excluding carboxylic acids is 1. The molecule has 1 rings (SSSR count). The monoisotopic (exact) mass is 275 g/mol. The molecule has 1 aromatic rings. The highest BCUT2D eigenvalue weighted by atomic mass is 32.2. The summed E-state index contributed by atoms with van der Waals surface area (Å²) < 4.78 is 30.2. The van der Waals surface area contributed by atoms with Crippen molar-refractivity contribution in [1.29, 1.82) is 0 Å². The molecule has 0 spiro atoms. The topological polar surface area (TPSA) is 101 Å². The number of aromatic nitrogens is 2. The van der Waals surface area contributed by atoms with Gasteiger partial charge in [0.1, 0.15) is 4.90 Å². The first-order valence-corrected chi connectivity index (χ1v) is 7.10. The van der Waals surface area contributed by atoms with Crippen LogP contribution in [0.25, 0.3) is 0 Å². The van der Waals surface area contributed by atoms with Gasteiger partial charge >= 0.3 is 5.97 Å². The number of nitrogens with one attached hydrogen (secondary N) is 2. The molecule has 2 N–H and O–H groups in total. The highest BCUT2D eigenvalue weighted by molar-refractivity contribution is 7.89. The molecular formula is C10H17N3O4S. The van der Waals surface area contributed by atoms with Crippen LogP contribution in [0, 0.1) is 0 Å². The van der Waals surface area contributed by atoms with E-state index in [1.807, 2.05) is 0 Å². The quantitative estimate of drug-likeness (QED) is 0.529. The van der Waals surface area contributed by atoms with Crippen LogP contribution >= 0.6 is 0 Å². The maximum atomic E-state index is 11.6. The number of H-pyrrole nitrogens is 1. The fourth-order valence-electron chi connectivity index (χ4n) is 1.35. The van der Waals surface area contributed by atoms with Gasteiger partial charge < -0.3 is 4.74 Å². The lowest BCUT2D eigenvalue weighted by molar-refractivity contribution is -0.140. The average Bonchev–Trinajstić information content (AvgIpc) is 2.87. The average molecular weight is 275 g/mol. The lowest BCUT2D eigenvalue weighted by atomic mass is 10.2. The molecule has 0 atom stereocenters. The third kappa shape index (κ3) is 4.84. The number of hydrogen-bond acceptors (Lipinski definition) is 5. The summed E-state index contributed by atoms with van der Waals surface area (Å²) in [5.41, 5.74) is 0. The Labute approximate surface area is 106 Å². The summed E-state index contributed by atoms with van der Waals surface area (Å²) in [6, 6.07) is 0. The lowest BCUT2D eigenvalue weighted by Gasteiger charge is -2.04. The molecule has 0 amide bonds. The lowest BCUT2D eigenvalue weighted by Crippen LogP contribution is -2.24. The highest BCUT2D eigenvalue weighted by Crippen LogP contribution is 2.05. The molecule has 8 heteroatoms. The second-order valence-corrected chi connectivity index (χ2v) is 5.49. The molecule has 0 saturated heterocycles. The van der Waals surface area contributed by atoms with Crippen LogP contribution in [0.4, 0.5) is 0 Å². The van der Waals surface area contributed by atoms with Crippen molar-refractivity contribution in [2.75, 3.05) is 13.7 Å². The Kier molecular flexibility index (Phi) is 5.79. The van der Waals surface area contributed by atoms with Gasteiger partial charge in [0.25, 0.3) is 0 Å². The van der Waals surface area contributed by atoms with Crippen molar-refractivity contribution < 1.29 is 17.9 Å². The Hall–Kier alpha value is -1.41. The van der Waals surface area contributed by atoms with Crippen LogP contribution in [0.15, 0.2) is 17.3 Å². The smallest absolute Gasteiger partial charge is 0.305 e. The predicted octanol–water partition coefficient (Wildman–Crippen LogP) is 0.421. The minimum atomic E-state index is -3.46. The number of rotatable bonds is 8. The molecule has 0 unspecified atom stereocenters. The van der Waals surface area contributed by atoms with E-state index in [2.05, 4.69) is 19.7 Å². The number of hydrogen-bond donors (Lipinski definition) is 2. The molecule has 0 aliphatic carbocycles. The van der Waals surface area contributed by atoms with Crippen molar-refractivity contribution in [3.63, 3.8) is 0 Å². The van der Waals surface area contributed by atoms with Crippen molar-refractivity contribution in [2.24, 2.45) is 0 Å². The third-order valence-corrected chi connectivity index (χ3v) is 3.79. The predicted molar refractivity (Wildman–Crippen MR) is 64.3 cm³/mol. The van der Waals surface area contributed by atoms with Crippen LogP contribution in [0.1, 0.15) is 25.7 Å². The van der Waals surface area contributed by atoms with E-state index in [1.165, 1.54) is 19.5 Å². The first-order valence-electron chi connectivity index (χ1n) is 5.61. The number of carbonyl (C=O) groups is 1. The molecule has 1 heterocycles. The summed E-state index contributed by atoms with van der Waals surface area (Å²) in [5.74, 6) is -0.242. The molecule has 0 aromatic carbocycles. The second-order valence-electron chi connectivity index (χ2n) is 3.72. The number of esters is 1. The van der Waals surface area contributed by atoms with Crippen molar-refractivity contribution in [3.05, 3.63) is 12.4 Å². The van der Waals surface area contributed by atoms with Crippen LogP contribution in [-0.4, -0.2) is 38.2 Å². The van der Waals surface area contributed by atoms with Crippen molar-refractivity contribution in [1.82, 2.24) is 14.9 Å². The summed E-state index contributed by atoms with van der Waals surface area (Å²) in [5, 5.41) is 6.02. The Balaban J connectivity index is 2.17. The number of sulfonamides is 1. The maximum Gasteiger partial charge on any atom is 0.305 e. The Morgan fingerprint density at radius 2 is 2.22 bits per heavy atom. The molecule has 0 radical (unpaired) electrons. The van der Waals surface area contributed by atoms with Crippen LogP contribution < -0.4 is 4.72 Å². The van der Waals surface area contributed by atoms with E-state index in [0.717, 1.165) is 6.42 Å². The third-order valence-electron chi connectivity index (χ3n) is 2.36. The van der Waals surface area contributed by atoms with Crippen LogP contribution in [0.3, 0.4) is 0 Å². The molecule has 18 heavy (non-hydrogen) atoms. The van der Waals surface area contributed by atoms with Crippen LogP contribution in [-0.2, 0) is 19.6 Å². The summed E-state index contributed by atoms with van der Waals surface area (Å²) in [6.45, 7) is 0.342. The standard InChI is InChI=1S/C10H17N3O4S/c1-17-10(14)5-3-2-4-6-13-18(15,16)9-7-11-12-8-9/h7-8,13H,2-6H2,1H3,(H,11,12). The van der Waals surface area contributed by atoms with Crippen molar-refractivity contribution in [2.45, 2.75) is 30.6 Å². The Morgan fingerprint density at radius 1 is 1.44 bits per heavy atom. The van der Waals surface area contributed by atoms with E-state index in [4.69, 9.17) is 0 Å². The van der Waals surface area contributed by atoms with E-state index in [-0.39, 0.29) is 10.9 Å². The van der Waals surface area contributed by atoms with Gasteiger partial charge in [-0.15, -0.1) is 0 Å². The number of aromatic amines is 1. The van der Waals surface area contributed by atoms with E-state index in [9.17, 15) is 13.2 Å². The molecule has 0 bridgehead atoms. The first-order chi connectivity index (χ1) is 8.56. The van der Waals surface area contributed by atoms with Gasteiger partial charge in [0.05, 0.1) is 13.3 Å².